The molecule has 0 spiro atoms. The number of hydrogen-bond acceptors (Lipinski definition) is 11. The van der Waals surface area contributed by atoms with Gasteiger partial charge in [-0.05, 0) is 73.5 Å². The zero-order valence-electron chi connectivity index (χ0n) is 26.5. The molecule has 5 atom stereocenters. The summed E-state index contributed by atoms with van der Waals surface area (Å²) in [4.78, 5) is 13.6. The summed E-state index contributed by atoms with van der Waals surface area (Å²) in [5, 5.41) is 0.720. The molecular weight excluding hydrogens is 676 g/mol. The van der Waals surface area contributed by atoms with Gasteiger partial charge in [0.1, 0.15) is 35.9 Å². The maximum absolute atomic E-state index is 13.6. The lowest BCUT2D eigenvalue weighted by atomic mass is 10.0. The lowest BCUT2D eigenvalue weighted by Gasteiger charge is -2.28. The van der Waals surface area contributed by atoms with Crippen LogP contribution in [0, 0.1) is 0 Å². The second-order valence-corrected chi connectivity index (χ2v) is 13.2. The van der Waals surface area contributed by atoms with Crippen molar-refractivity contribution in [2.75, 3.05) is 13.7 Å². The van der Waals surface area contributed by atoms with Crippen molar-refractivity contribution in [2.45, 2.75) is 76.6 Å². The Hall–Kier alpha value is -3.65. The minimum atomic E-state index is -1.01. The van der Waals surface area contributed by atoms with Crippen LogP contribution in [0.15, 0.2) is 75.6 Å². The van der Waals surface area contributed by atoms with Gasteiger partial charge in [0.25, 0.3) is 0 Å². The average molecular weight is 712 g/mol. The Labute approximate surface area is 280 Å². The third-order valence-corrected chi connectivity index (χ3v) is 8.80. The van der Waals surface area contributed by atoms with E-state index >= 15 is 0 Å². The highest BCUT2D eigenvalue weighted by atomic mass is 79.9. The number of benzene rings is 3. The molecule has 11 nitrogen and oxygen atoms in total. The fraction of sp³-hybridized carbons (Fsp3) is 0.400. The summed E-state index contributed by atoms with van der Waals surface area (Å²) in [6, 6.07) is 20.6. The number of carbonyl (C=O) groups is 1. The molecule has 4 heterocycles. The smallest absolute Gasteiger partial charge is 0.497 e. The summed E-state index contributed by atoms with van der Waals surface area (Å²) in [6.45, 7) is 7.67. The summed E-state index contributed by atoms with van der Waals surface area (Å²) in [7, 11) is 1.62. The third kappa shape index (κ3) is 6.46. The van der Waals surface area contributed by atoms with E-state index in [1.54, 1.807) is 27.0 Å². The van der Waals surface area contributed by atoms with Crippen molar-refractivity contribution in [2.24, 2.45) is 0 Å². The topological polar surface area (TPSA) is 113 Å². The molecule has 4 aromatic rings. The Morgan fingerprint density at radius 3 is 2.45 bits per heavy atom. The van der Waals surface area contributed by atoms with Crippen LogP contribution in [-0.2, 0) is 35.0 Å². The van der Waals surface area contributed by atoms with E-state index in [-0.39, 0.29) is 19.2 Å². The van der Waals surface area contributed by atoms with Crippen LogP contribution in [-0.4, -0.2) is 62.2 Å². The number of rotatable bonds is 8. The van der Waals surface area contributed by atoms with E-state index < -0.39 is 48.4 Å². The van der Waals surface area contributed by atoms with Gasteiger partial charge in [0.15, 0.2) is 30.1 Å². The van der Waals surface area contributed by atoms with E-state index in [1.165, 1.54) is 0 Å². The van der Waals surface area contributed by atoms with Gasteiger partial charge in [0.2, 0.25) is 0 Å². The first-order valence-corrected chi connectivity index (χ1v) is 16.1. The molecule has 0 amide bonds. The number of halogens is 1. The molecule has 0 N–H and O–H groups in total. The van der Waals surface area contributed by atoms with Gasteiger partial charge < -0.3 is 47.0 Å². The summed E-state index contributed by atoms with van der Waals surface area (Å²) in [5.41, 5.74) is 2.63. The van der Waals surface area contributed by atoms with Crippen LogP contribution in [0.25, 0.3) is 22.1 Å². The fourth-order valence-corrected chi connectivity index (χ4v) is 6.59. The largest absolute Gasteiger partial charge is 0.516 e. The molecule has 0 aliphatic carbocycles. The van der Waals surface area contributed by atoms with E-state index in [0.29, 0.717) is 26.9 Å². The van der Waals surface area contributed by atoms with Gasteiger partial charge in [-0.25, -0.2) is 4.79 Å². The molecule has 0 bridgehead atoms. The Kier molecular flexibility index (Phi) is 8.44. The summed E-state index contributed by atoms with van der Waals surface area (Å²) in [5.74, 6) is -0.519. The van der Waals surface area contributed by atoms with Crippen molar-refractivity contribution in [3.8, 4) is 28.6 Å². The van der Waals surface area contributed by atoms with Crippen molar-refractivity contribution in [1.29, 1.82) is 0 Å². The molecule has 3 aliphatic heterocycles. The quantitative estimate of drug-likeness (QED) is 0.171. The number of furan rings is 1. The highest BCUT2D eigenvalue weighted by Gasteiger charge is 2.60. The van der Waals surface area contributed by atoms with E-state index in [2.05, 4.69) is 15.9 Å². The number of fused-ring (bicyclic) bond motifs is 2. The van der Waals surface area contributed by atoms with Gasteiger partial charge in [-0.2, -0.15) is 0 Å². The van der Waals surface area contributed by atoms with Crippen LogP contribution >= 0.6 is 15.9 Å². The molecule has 3 fully saturated rings. The minimum absolute atomic E-state index is 0.0545. The molecule has 1 aromatic heterocycles. The van der Waals surface area contributed by atoms with Crippen molar-refractivity contribution in [3.05, 3.63) is 76.8 Å². The van der Waals surface area contributed by atoms with Gasteiger partial charge >= 0.3 is 12.1 Å². The summed E-state index contributed by atoms with van der Waals surface area (Å²) in [6.07, 6.45) is -4.67. The molecule has 248 valence electrons. The lowest BCUT2D eigenvalue weighted by Crippen LogP contribution is -2.45. The van der Waals surface area contributed by atoms with E-state index in [9.17, 15) is 4.79 Å². The SMILES string of the molecule is COc1ccc(COc2c(Br)cccc2-c2c(OC(=O)O[C@@H]3[C@H]4OC(C)(C)O[C@H]4O[C@@H]3[C@H]3COC(C)(C)O3)oc3ccccc23)cc1. The Balaban J connectivity index is 1.17. The van der Waals surface area contributed by atoms with Crippen LogP contribution in [0.3, 0.4) is 0 Å². The lowest BCUT2D eigenvalue weighted by molar-refractivity contribution is -0.232. The first-order chi connectivity index (χ1) is 22.5. The molecule has 0 saturated carbocycles. The summed E-state index contributed by atoms with van der Waals surface area (Å²) >= 11 is 3.64. The second kappa shape index (κ2) is 12.4. The molecule has 0 unspecified atom stereocenters. The highest BCUT2D eigenvalue weighted by Crippen LogP contribution is 2.47. The first kappa shape index (κ1) is 31.9. The van der Waals surface area contributed by atoms with Gasteiger partial charge in [0.05, 0.1) is 23.8 Å². The monoisotopic (exact) mass is 710 g/mol. The Morgan fingerprint density at radius 1 is 0.915 bits per heavy atom. The number of methoxy groups -OCH3 is 1. The standard InChI is InChI=1S/C35H35BrO11/c1-34(2)40-18-25(45-34)28-29(30-32(42-28)47-35(3,4)46-30)43-33(37)44-31-26(21-9-6-7-12-24(21)41-31)22-10-8-11-23(36)27(22)39-17-19-13-15-20(38-5)16-14-19/h6-16,25,28-30,32H,17-18H2,1-5H3/t25-,28-,29+,30-,32-/m1/s1. The van der Waals surface area contributed by atoms with Crippen molar-refractivity contribution in [3.63, 3.8) is 0 Å². The molecule has 12 heteroatoms. The Bertz CT molecular complexity index is 1770. The molecule has 3 saturated heterocycles. The number of ether oxygens (including phenoxy) is 9. The minimum Gasteiger partial charge on any atom is -0.497 e. The number of para-hydroxylation sites is 2. The fourth-order valence-electron chi connectivity index (χ4n) is 6.11. The van der Waals surface area contributed by atoms with Gasteiger partial charge in [-0.1, -0.05) is 42.5 Å². The van der Waals surface area contributed by atoms with Crippen LogP contribution in [0.1, 0.15) is 33.3 Å². The number of carbonyl (C=O) groups excluding carboxylic acids is 1. The summed E-state index contributed by atoms with van der Waals surface area (Å²) < 4.78 is 60.2. The van der Waals surface area contributed by atoms with Crippen LogP contribution in [0.4, 0.5) is 4.79 Å². The van der Waals surface area contributed by atoms with Crippen molar-refractivity contribution in [1.82, 2.24) is 0 Å². The maximum atomic E-state index is 13.6. The Morgan fingerprint density at radius 2 is 1.70 bits per heavy atom. The maximum Gasteiger partial charge on any atom is 0.516 e. The number of hydrogen-bond donors (Lipinski definition) is 0. The van der Waals surface area contributed by atoms with Gasteiger partial charge in [0, 0.05) is 10.9 Å². The molecule has 7 rings (SSSR count). The molecule has 3 aliphatic rings. The normalized spacial score (nSPS) is 25.9. The zero-order chi connectivity index (χ0) is 32.9. The molecular formula is C35H35BrO11. The van der Waals surface area contributed by atoms with Crippen molar-refractivity contribution < 1.29 is 51.8 Å². The van der Waals surface area contributed by atoms with Gasteiger partial charge in [-0.15, -0.1) is 0 Å². The van der Waals surface area contributed by atoms with Gasteiger partial charge in [-0.3, -0.25) is 0 Å². The van der Waals surface area contributed by atoms with Crippen LogP contribution in [0.5, 0.6) is 17.4 Å². The second-order valence-electron chi connectivity index (χ2n) is 12.4. The average Bonchev–Trinajstić information content (AvgIpc) is 3.75. The van der Waals surface area contributed by atoms with Crippen molar-refractivity contribution >= 4 is 33.1 Å². The predicted octanol–water partition coefficient (Wildman–Crippen LogP) is 7.36. The zero-order valence-corrected chi connectivity index (χ0v) is 28.1. The first-order valence-electron chi connectivity index (χ1n) is 15.3. The highest BCUT2D eigenvalue weighted by molar-refractivity contribution is 9.10. The predicted molar refractivity (Wildman–Crippen MR) is 171 cm³/mol. The van der Waals surface area contributed by atoms with Crippen LogP contribution < -0.4 is 14.2 Å². The molecule has 3 aromatic carbocycles. The van der Waals surface area contributed by atoms with E-state index in [1.807, 2.05) is 74.5 Å². The molecule has 47 heavy (non-hydrogen) atoms. The molecule has 0 radical (unpaired) electrons. The third-order valence-electron chi connectivity index (χ3n) is 8.17. The van der Waals surface area contributed by atoms with Crippen LogP contribution in [0.2, 0.25) is 0 Å². The van der Waals surface area contributed by atoms with E-state index in [0.717, 1.165) is 16.7 Å². The van der Waals surface area contributed by atoms with E-state index in [4.69, 9.17) is 47.0 Å².